The highest BCUT2D eigenvalue weighted by molar-refractivity contribution is 7.17. The molecule has 0 spiro atoms. The Hall–Kier alpha value is -1.96. The summed E-state index contributed by atoms with van der Waals surface area (Å²) in [5.41, 5.74) is 2.44. The summed E-state index contributed by atoms with van der Waals surface area (Å²) in [6, 6.07) is 8.62. The van der Waals surface area contributed by atoms with Crippen LogP contribution in [0.25, 0.3) is 4.96 Å². The molecule has 1 aliphatic heterocycles. The molecule has 126 valence electrons. The minimum atomic E-state index is 0.0350. The van der Waals surface area contributed by atoms with Crippen LogP contribution in [0.2, 0.25) is 0 Å². The van der Waals surface area contributed by atoms with Crippen LogP contribution in [-0.2, 0) is 0 Å². The molecular weight excluding hydrogens is 322 g/mol. The lowest BCUT2D eigenvalue weighted by Gasteiger charge is -2.37. The number of hydrogen-bond donors (Lipinski definition) is 1. The van der Waals surface area contributed by atoms with Gasteiger partial charge in [-0.15, -0.1) is 0 Å². The maximum atomic E-state index is 10.7. The monoisotopic (exact) mass is 343 g/mol. The normalized spacial score (nSPS) is 18.2. The fourth-order valence-electron chi connectivity index (χ4n) is 3.23. The molecule has 24 heavy (non-hydrogen) atoms. The lowest BCUT2D eigenvalue weighted by molar-refractivity contribution is 0.127. The predicted octanol–water partition coefficient (Wildman–Crippen LogP) is 2.14. The minimum Gasteiger partial charge on any atom is -0.492 e. The number of fused-ring (bicyclic) bond motifs is 1. The summed E-state index contributed by atoms with van der Waals surface area (Å²) >= 11 is 1.52. The summed E-state index contributed by atoms with van der Waals surface area (Å²) in [5.74, 6) is 0.206. The number of aromatic nitrogens is 3. The Kier molecular flexibility index (Phi) is 3.99. The summed E-state index contributed by atoms with van der Waals surface area (Å²) in [7, 11) is 2.15. The standard InChI is InChI=1S/C17H21N5OS/c1-12-3-5-13(6-4-12)14(21-9-7-20(2)8-10-21)15-16(23)22-17(24-15)18-11-19-22/h3-6,11,14,23H,7-10H2,1-2H3/t14-/m1/s1. The van der Waals surface area contributed by atoms with Gasteiger partial charge in [-0.2, -0.15) is 9.61 Å². The van der Waals surface area contributed by atoms with Gasteiger partial charge >= 0.3 is 0 Å². The van der Waals surface area contributed by atoms with Crippen molar-refractivity contribution in [2.45, 2.75) is 13.0 Å². The van der Waals surface area contributed by atoms with Crippen molar-refractivity contribution in [2.75, 3.05) is 33.2 Å². The largest absolute Gasteiger partial charge is 0.492 e. The molecule has 1 aromatic carbocycles. The Labute approximate surface area is 145 Å². The van der Waals surface area contributed by atoms with Gasteiger partial charge in [0.25, 0.3) is 0 Å². The molecule has 0 amide bonds. The quantitative estimate of drug-likeness (QED) is 0.790. The van der Waals surface area contributed by atoms with E-state index in [1.54, 1.807) is 0 Å². The first-order valence-electron chi connectivity index (χ1n) is 8.14. The van der Waals surface area contributed by atoms with Crippen molar-refractivity contribution < 1.29 is 5.11 Å². The molecule has 0 unspecified atom stereocenters. The predicted molar refractivity (Wildman–Crippen MR) is 94.6 cm³/mol. The molecule has 4 rings (SSSR count). The zero-order valence-electron chi connectivity index (χ0n) is 13.9. The van der Waals surface area contributed by atoms with Gasteiger partial charge in [-0.25, -0.2) is 4.98 Å². The molecule has 1 aliphatic rings. The number of nitrogens with zero attached hydrogens (tertiary/aromatic N) is 5. The van der Waals surface area contributed by atoms with Gasteiger partial charge in [-0.05, 0) is 19.5 Å². The summed E-state index contributed by atoms with van der Waals surface area (Å²) in [5, 5.41) is 14.8. The van der Waals surface area contributed by atoms with Gasteiger partial charge in [0, 0.05) is 26.2 Å². The molecule has 1 N–H and O–H groups in total. The second-order valence-electron chi connectivity index (χ2n) is 6.40. The second-order valence-corrected chi connectivity index (χ2v) is 7.41. The topological polar surface area (TPSA) is 56.9 Å². The van der Waals surface area contributed by atoms with Crippen molar-refractivity contribution in [2.24, 2.45) is 0 Å². The Morgan fingerprint density at radius 1 is 1.12 bits per heavy atom. The van der Waals surface area contributed by atoms with Crippen LogP contribution in [0, 0.1) is 6.92 Å². The average Bonchev–Trinajstić information content (AvgIpc) is 3.15. The van der Waals surface area contributed by atoms with Gasteiger partial charge in [0.1, 0.15) is 6.33 Å². The van der Waals surface area contributed by atoms with Crippen LogP contribution >= 0.6 is 11.3 Å². The van der Waals surface area contributed by atoms with Crippen LogP contribution in [0.5, 0.6) is 5.88 Å². The molecule has 2 aromatic heterocycles. The zero-order valence-corrected chi connectivity index (χ0v) is 14.7. The van der Waals surface area contributed by atoms with Crippen molar-refractivity contribution in [3.8, 4) is 5.88 Å². The van der Waals surface area contributed by atoms with E-state index in [4.69, 9.17) is 0 Å². The number of aryl methyl sites for hydroxylation is 1. The first kappa shape index (κ1) is 15.6. The van der Waals surface area contributed by atoms with Gasteiger partial charge < -0.3 is 10.0 Å². The average molecular weight is 343 g/mol. The highest BCUT2D eigenvalue weighted by Gasteiger charge is 2.30. The summed E-state index contributed by atoms with van der Waals surface area (Å²) in [6.45, 7) is 6.10. The van der Waals surface area contributed by atoms with E-state index < -0.39 is 0 Å². The fourth-order valence-corrected chi connectivity index (χ4v) is 4.32. The molecule has 1 fully saturated rings. The number of rotatable bonds is 3. The van der Waals surface area contributed by atoms with E-state index in [1.165, 1.54) is 33.3 Å². The molecule has 0 saturated carbocycles. The Balaban J connectivity index is 1.78. The van der Waals surface area contributed by atoms with E-state index in [-0.39, 0.29) is 11.9 Å². The van der Waals surface area contributed by atoms with Crippen LogP contribution < -0.4 is 0 Å². The SMILES string of the molecule is Cc1ccc([C@H](c2sc3ncnn3c2O)N2CCN(C)CC2)cc1. The van der Waals surface area contributed by atoms with Crippen LogP contribution in [0.15, 0.2) is 30.6 Å². The van der Waals surface area contributed by atoms with Crippen molar-refractivity contribution in [1.29, 1.82) is 0 Å². The molecule has 0 aliphatic carbocycles. The second kappa shape index (κ2) is 6.16. The van der Waals surface area contributed by atoms with Gasteiger partial charge in [0.15, 0.2) is 0 Å². The van der Waals surface area contributed by atoms with Gasteiger partial charge in [-0.1, -0.05) is 41.2 Å². The minimum absolute atomic E-state index is 0.0350. The Bertz CT molecular complexity index is 832. The van der Waals surface area contributed by atoms with E-state index in [2.05, 4.69) is 58.1 Å². The molecule has 7 heteroatoms. The maximum absolute atomic E-state index is 10.7. The number of benzene rings is 1. The zero-order chi connectivity index (χ0) is 16.7. The molecule has 3 heterocycles. The number of aromatic hydroxyl groups is 1. The van der Waals surface area contributed by atoms with E-state index in [0.717, 1.165) is 36.0 Å². The highest BCUT2D eigenvalue weighted by atomic mass is 32.1. The maximum Gasteiger partial charge on any atom is 0.230 e. The first-order chi connectivity index (χ1) is 11.6. The molecular formula is C17H21N5OS. The summed E-state index contributed by atoms with van der Waals surface area (Å²) < 4.78 is 1.53. The van der Waals surface area contributed by atoms with Crippen molar-refractivity contribution in [3.63, 3.8) is 0 Å². The highest BCUT2D eigenvalue weighted by Crippen LogP contribution is 2.39. The third-order valence-corrected chi connectivity index (χ3v) is 5.77. The van der Waals surface area contributed by atoms with E-state index >= 15 is 0 Å². The molecule has 1 atom stereocenters. The molecule has 0 radical (unpaired) electrons. The number of thiazole rings is 1. The third kappa shape index (κ3) is 2.68. The number of likely N-dealkylation sites (N-methyl/N-ethyl adjacent to an activating group) is 1. The van der Waals surface area contributed by atoms with Gasteiger partial charge in [-0.3, -0.25) is 4.90 Å². The van der Waals surface area contributed by atoms with E-state index in [1.807, 2.05) is 0 Å². The van der Waals surface area contributed by atoms with Crippen LogP contribution in [0.3, 0.4) is 0 Å². The summed E-state index contributed by atoms with van der Waals surface area (Å²) in [4.78, 5) is 10.7. The number of piperazine rings is 1. The third-order valence-electron chi connectivity index (χ3n) is 4.68. The molecule has 0 bridgehead atoms. The van der Waals surface area contributed by atoms with Crippen LogP contribution in [0.4, 0.5) is 0 Å². The van der Waals surface area contributed by atoms with Crippen molar-refractivity contribution >= 4 is 16.3 Å². The van der Waals surface area contributed by atoms with Gasteiger partial charge in [0.05, 0.1) is 10.9 Å². The lowest BCUT2D eigenvalue weighted by Crippen LogP contribution is -2.46. The number of hydrogen-bond acceptors (Lipinski definition) is 6. The van der Waals surface area contributed by atoms with Crippen molar-refractivity contribution in [1.82, 2.24) is 24.4 Å². The summed E-state index contributed by atoms with van der Waals surface area (Å²) in [6.07, 6.45) is 1.48. The Morgan fingerprint density at radius 3 is 2.50 bits per heavy atom. The Morgan fingerprint density at radius 2 is 1.83 bits per heavy atom. The molecule has 1 saturated heterocycles. The molecule has 3 aromatic rings. The van der Waals surface area contributed by atoms with Crippen LogP contribution in [0.1, 0.15) is 22.0 Å². The molecule has 6 nitrogen and oxygen atoms in total. The smallest absolute Gasteiger partial charge is 0.230 e. The van der Waals surface area contributed by atoms with Gasteiger partial charge in [0.2, 0.25) is 10.8 Å². The van der Waals surface area contributed by atoms with Crippen molar-refractivity contribution in [3.05, 3.63) is 46.6 Å². The van der Waals surface area contributed by atoms with Crippen LogP contribution in [-0.4, -0.2) is 62.7 Å². The first-order valence-corrected chi connectivity index (χ1v) is 8.95. The van der Waals surface area contributed by atoms with E-state index in [0.29, 0.717) is 0 Å². The lowest BCUT2D eigenvalue weighted by atomic mass is 10.0. The van der Waals surface area contributed by atoms with E-state index in [9.17, 15) is 5.11 Å². The fraction of sp³-hybridized carbons (Fsp3) is 0.412.